The molecule has 0 N–H and O–H groups in total. The Kier molecular flexibility index (Phi) is 18.8. The van der Waals surface area contributed by atoms with Gasteiger partial charge in [0.2, 0.25) is 30.1 Å². The van der Waals surface area contributed by atoms with E-state index in [0.717, 1.165) is 22.0 Å². The molecule has 4 aromatic carbocycles. The second kappa shape index (κ2) is 23.3. The summed E-state index contributed by atoms with van der Waals surface area (Å²) >= 11 is 29.8. The van der Waals surface area contributed by atoms with Crippen molar-refractivity contribution in [3.8, 4) is 18.6 Å². The molecule has 3 saturated heterocycles. The van der Waals surface area contributed by atoms with Crippen LogP contribution in [0.25, 0.3) is 0 Å². The molecule has 0 bridgehead atoms. The summed E-state index contributed by atoms with van der Waals surface area (Å²) in [6, 6.07) is 19.2. The third-order valence-corrected chi connectivity index (χ3v) is 19.1. The SMILES string of the molecule is CN([C@@H]1CCN(C#N)C1)S(=O)(=O)c1cc(C(F)(F)F)ccc1Cl.CN([C@@H]1CCN(C#N)C1)S(=O)(=O)c1cc(Cl)ccc1Cl.N#CN1CC[C@@H](N(Cc2ccccc2)S(=O)(=O)c2cc(Cl)ccc2Cl)C1. The maximum atomic E-state index is 13.4. The summed E-state index contributed by atoms with van der Waals surface area (Å²) in [5.74, 6) is 0. The van der Waals surface area contributed by atoms with Crippen molar-refractivity contribution < 1.29 is 38.4 Å². The molecule has 3 heterocycles. The van der Waals surface area contributed by atoms with Crippen LogP contribution in [0.4, 0.5) is 13.2 Å². The standard InChI is InChI=1S/C18H17Cl2N3O2S.C13H13ClF3N3O2S.C12H13Cl2N3O2S/c19-15-6-7-17(20)18(10-15)26(24,25)23(11-14-4-2-1-3-5-14)16-8-9-22(12-16)13-21;1-19(10-4-5-20(7-10)8-18)23(21,22)12-6-9(13(15,16)17)2-3-11(12)14;1-16(10-4-5-17(7-10)8-15)20(18,19)12-6-9(13)2-3-11(12)14/h1-7,10,16H,8-9,11-12H2;2-3,6,10H,4-5,7H2,1H3;2-3,6,10H,4-5,7H2,1H3/t16-;2*10-/m111/s1. The van der Waals surface area contributed by atoms with Gasteiger partial charge in [0, 0.05) is 88.1 Å². The van der Waals surface area contributed by atoms with Crippen LogP contribution in [0.1, 0.15) is 30.4 Å². The molecular weight excluding hydrogens is 1070 g/mol. The lowest BCUT2D eigenvalue weighted by atomic mass is 10.2. The minimum atomic E-state index is -4.67. The van der Waals surface area contributed by atoms with Crippen molar-refractivity contribution in [2.45, 2.75) is 64.8 Å². The summed E-state index contributed by atoms with van der Waals surface area (Å²) < 4.78 is 119. The van der Waals surface area contributed by atoms with Crippen LogP contribution >= 0.6 is 58.0 Å². The third-order valence-electron chi connectivity index (χ3n) is 11.5. The van der Waals surface area contributed by atoms with E-state index in [1.165, 1.54) is 62.8 Å². The minimum Gasteiger partial charge on any atom is -0.309 e. The van der Waals surface area contributed by atoms with Crippen LogP contribution in [0, 0.1) is 34.4 Å². The highest BCUT2D eigenvalue weighted by Gasteiger charge is 2.39. The predicted octanol–water partition coefficient (Wildman–Crippen LogP) is 8.44. The van der Waals surface area contributed by atoms with Gasteiger partial charge in [0.1, 0.15) is 14.7 Å². The van der Waals surface area contributed by atoms with Gasteiger partial charge in [-0.1, -0.05) is 88.3 Å². The van der Waals surface area contributed by atoms with Crippen molar-refractivity contribution in [2.24, 2.45) is 0 Å². The van der Waals surface area contributed by atoms with Crippen molar-refractivity contribution in [3.63, 3.8) is 0 Å². The average molecular weight is 1110 g/mol. The number of alkyl halides is 3. The Morgan fingerprint density at radius 3 is 1.35 bits per heavy atom. The van der Waals surface area contributed by atoms with Gasteiger partial charge >= 0.3 is 6.18 Å². The molecular formula is C43H43Cl5F3N9O6S3. The molecule has 0 aromatic heterocycles. The highest BCUT2D eigenvalue weighted by Crippen LogP contribution is 2.36. The summed E-state index contributed by atoms with van der Waals surface area (Å²) in [5, 5.41) is 27.4. The molecule has 3 aliphatic heterocycles. The Balaban J connectivity index is 0.000000195. The summed E-state index contributed by atoms with van der Waals surface area (Å²) in [5.41, 5.74) is -0.219. The summed E-state index contributed by atoms with van der Waals surface area (Å²) in [4.78, 5) is 3.88. The highest BCUT2D eigenvalue weighted by molar-refractivity contribution is 7.89. The van der Waals surface area contributed by atoms with E-state index in [-0.39, 0.29) is 50.0 Å². The second-order valence-corrected chi connectivity index (χ2v) is 23.7. The average Bonchev–Trinajstić information content (AvgIpc) is 4.12. The molecule has 0 radical (unpaired) electrons. The van der Waals surface area contributed by atoms with Crippen LogP contribution in [0.3, 0.4) is 0 Å². The van der Waals surface area contributed by atoms with E-state index >= 15 is 0 Å². The Morgan fingerprint density at radius 1 is 0.565 bits per heavy atom. The normalized spacial score (nSPS) is 18.6. The molecule has 0 amide bonds. The fraction of sp³-hybridized carbons (Fsp3) is 0.372. The minimum absolute atomic E-state index is 0.00965. The molecule has 0 unspecified atom stereocenters. The van der Waals surface area contributed by atoms with Gasteiger partial charge in [-0.3, -0.25) is 0 Å². The number of benzene rings is 4. The van der Waals surface area contributed by atoms with Gasteiger partial charge in [0.05, 0.1) is 20.6 Å². The predicted molar refractivity (Wildman–Crippen MR) is 255 cm³/mol. The van der Waals surface area contributed by atoms with E-state index in [9.17, 15) is 38.4 Å². The molecule has 3 atom stereocenters. The molecule has 3 aliphatic rings. The molecule has 370 valence electrons. The lowest BCUT2D eigenvalue weighted by Crippen LogP contribution is -2.41. The Hall–Kier alpha value is -4.28. The topological polar surface area (TPSA) is 193 Å². The van der Waals surface area contributed by atoms with Gasteiger partial charge in [-0.05, 0) is 79.4 Å². The van der Waals surface area contributed by atoms with E-state index in [4.69, 9.17) is 73.8 Å². The van der Waals surface area contributed by atoms with Crippen LogP contribution in [-0.2, 0) is 42.8 Å². The first-order chi connectivity index (χ1) is 32.3. The van der Waals surface area contributed by atoms with E-state index < -0.39 is 52.7 Å². The number of hydrogen-bond acceptors (Lipinski definition) is 12. The second-order valence-electron chi connectivity index (χ2n) is 15.8. The van der Waals surface area contributed by atoms with Crippen LogP contribution in [-0.4, -0.2) is 124 Å². The lowest BCUT2D eigenvalue weighted by Gasteiger charge is -2.28. The van der Waals surface area contributed by atoms with Gasteiger partial charge in [-0.25, -0.2) is 25.3 Å². The van der Waals surface area contributed by atoms with Crippen molar-refractivity contribution in [3.05, 3.63) is 121 Å². The number of likely N-dealkylation sites (N-methyl/N-ethyl adjacent to an activating group) is 2. The fourth-order valence-corrected chi connectivity index (χ4v) is 13.9. The first kappa shape index (κ1) is 55.6. The number of nitriles is 3. The fourth-order valence-electron chi connectivity index (χ4n) is 7.56. The monoisotopic (exact) mass is 1110 g/mol. The zero-order chi connectivity index (χ0) is 51.1. The molecule has 0 aliphatic carbocycles. The lowest BCUT2D eigenvalue weighted by molar-refractivity contribution is -0.137. The molecule has 0 saturated carbocycles. The van der Waals surface area contributed by atoms with Crippen LogP contribution < -0.4 is 0 Å². The number of halogens is 8. The van der Waals surface area contributed by atoms with Gasteiger partial charge in [-0.15, -0.1) is 0 Å². The molecule has 0 spiro atoms. The maximum absolute atomic E-state index is 13.4. The largest absolute Gasteiger partial charge is 0.416 e. The summed E-state index contributed by atoms with van der Waals surface area (Å²) in [6.07, 6.45) is 2.97. The smallest absolute Gasteiger partial charge is 0.309 e. The number of hydrogen-bond donors (Lipinski definition) is 0. The molecule has 15 nitrogen and oxygen atoms in total. The highest BCUT2D eigenvalue weighted by atomic mass is 35.5. The zero-order valence-electron chi connectivity index (χ0n) is 36.6. The van der Waals surface area contributed by atoms with Gasteiger partial charge in [-0.2, -0.15) is 41.9 Å². The number of rotatable bonds is 11. The maximum Gasteiger partial charge on any atom is 0.416 e. The molecule has 69 heavy (non-hydrogen) atoms. The Bertz CT molecular complexity index is 2960. The van der Waals surface area contributed by atoms with E-state index in [2.05, 4.69) is 6.19 Å². The van der Waals surface area contributed by atoms with Crippen LogP contribution in [0.5, 0.6) is 0 Å². The molecule has 3 fully saturated rings. The Morgan fingerprint density at radius 2 is 0.942 bits per heavy atom. The molecule has 7 rings (SSSR count). The number of likely N-dealkylation sites (tertiary alicyclic amines) is 3. The van der Waals surface area contributed by atoms with Crippen molar-refractivity contribution in [2.75, 3.05) is 53.4 Å². The Labute approximate surface area is 425 Å². The number of sulfonamides is 3. The molecule has 4 aromatic rings. The third kappa shape index (κ3) is 13.6. The summed E-state index contributed by atoms with van der Waals surface area (Å²) in [7, 11) is -9.04. The van der Waals surface area contributed by atoms with Gasteiger partial charge in [0.25, 0.3) is 0 Å². The van der Waals surface area contributed by atoms with Gasteiger partial charge in [0.15, 0.2) is 18.6 Å². The van der Waals surface area contributed by atoms with Crippen molar-refractivity contribution in [1.82, 2.24) is 27.6 Å². The van der Waals surface area contributed by atoms with E-state index in [1.54, 1.807) is 11.0 Å². The first-order valence-electron chi connectivity index (χ1n) is 20.6. The van der Waals surface area contributed by atoms with E-state index in [1.807, 2.05) is 42.7 Å². The zero-order valence-corrected chi connectivity index (χ0v) is 42.8. The van der Waals surface area contributed by atoms with Crippen molar-refractivity contribution in [1.29, 1.82) is 15.8 Å². The van der Waals surface area contributed by atoms with Crippen LogP contribution in [0.15, 0.2) is 99.6 Å². The number of nitrogens with zero attached hydrogens (tertiary/aromatic N) is 9. The van der Waals surface area contributed by atoms with E-state index in [0.29, 0.717) is 68.1 Å². The molecule has 26 heteroatoms. The summed E-state index contributed by atoms with van der Waals surface area (Å²) in [6.45, 7) is 2.65. The van der Waals surface area contributed by atoms with Crippen molar-refractivity contribution >= 4 is 88.1 Å². The first-order valence-corrected chi connectivity index (χ1v) is 26.8. The quantitative estimate of drug-likeness (QED) is 0.130. The van der Waals surface area contributed by atoms with Gasteiger partial charge < -0.3 is 14.7 Å². The van der Waals surface area contributed by atoms with Crippen LogP contribution in [0.2, 0.25) is 25.1 Å².